The Morgan fingerprint density at radius 3 is 2.33 bits per heavy atom. The van der Waals surface area contributed by atoms with Crippen LogP contribution in [0.25, 0.3) is 11.3 Å². The molecule has 2 aromatic carbocycles. The molecule has 0 aliphatic rings. The Hall–Kier alpha value is -2.90. The van der Waals surface area contributed by atoms with Gasteiger partial charge in [-0.05, 0) is 48.5 Å². The van der Waals surface area contributed by atoms with Crippen LogP contribution in [0.3, 0.4) is 0 Å². The molecule has 0 unspecified atom stereocenters. The van der Waals surface area contributed by atoms with Crippen molar-refractivity contribution in [3.8, 4) is 11.3 Å². The summed E-state index contributed by atoms with van der Waals surface area (Å²) in [6.07, 6.45) is 1.56. The van der Waals surface area contributed by atoms with E-state index in [4.69, 9.17) is 9.56 Å². The molecule has 0 bridgehead atoms. The van der Waals surface area contributed by atoms with Crippen LogP contribution in [-0.4, -0.2) is 14.6 Å². The van der Waals surface area contributed by atoms with E-state index in [9.17, 15) is 8.42 Å². The molecule has 3 aromatic rings. The van der Waals surface area contributed by atoms with Crippen LogP contribution in [0, 0.1) is 0 Å². The number of hydrazone groups is 1. The molecule has 0 amide bonds. The number of furan rings is 1. The standard InChI is InChI=1S/C17H15N3O3S/c18-24(21,22)16-9-6-13(7-10-16)17-11-8-15(23-17)12-19-20-14-4-2-1-3-5-14/h1-12,20H,(H2,18,21,22)/b19-12+. The molecule has 3 rings (SSSR count). The maximum absolute atomic E-state index is 11.2. The van der Waals surface area contributed by atoms with Crippen molar-refractivity contribution >= 4 is 21.9 Å². The van der Waals surface area contributed by atoms with Crippen molar-refractivity contribution in [2.24, 2.45) is 10.2 Å². The number of sulfonamides is 1. The minimum Gasteiger partial charge on any atom is -0.455 e. The Kier molecular flexibility index (Phi) is 4.45. The Morgan fingerprint density at radius 1 is 0.958 bits per heavy atom. The summed E-state index contributed by atoms with van der Waals surface area (Å²) in [5.74, 6) is 1.18. The zero-order chi connectivity index (χ0) is 17.0. The predicted molar refractivity (Wildman–Crippen MR) is 93.2 cm³/mol. The first-order valence-corrected chi connectivity index (χ1v) is 8.64. The molecule has 0 radical (unpaired) electrons. The van der Waals surface area contributed by atoms with E-state index in [1.165, 1.54) is 12.1 Å². The predicted octanol–water partition coefficient (Wildman–Crippen LogP) is 3.04. The summed E-state index contributed by atoms with van der Waals surface area (Å²) in [4.78, 5) is 0.0617. The third-order valence-electron chi connectivity index (χ3n) is 3.25. The second kappa shape index (κ2) is 6.69. The van der Waals surface area contributed by atoms with Gasteiger partial charge in [-0.2, -0.15) is 5.10 Å². The molecule has 1 heterocycles. The van der Waals surface area contributed by atoms with Crippen molar-refractivity contribution in [2.75, 3.05) is 5.43 Å². The number of primary sulfonamides is 1. The third kappa shape index (κ3) is 3.89. The zero-order valence-electron chi connectivity index (χ0n) is 12.6. The molecule has 7 heteroatoms. The fourth-order valence-electron chi connectivity index (χ4n) is 2.07. The van der Waals surface area contributed by atoms with Crippen molar-refractivity contribution in [3.63, 3.8) is 0 Å². The van der Waals surface area contributed by atoms with Crippen LogP contribution >= 0.6 is 0 Å². The van der Waals surface area contributed by atoms with Gasteiger partial charge in [0, 0.05) is 5.56 Å². The van der Waals surface area contributed by atoms with Gasteiger partial charge < -0.3 is 4.42 Å². The van der Waals surface area contributed by atoms with Gasteiger partial charge in [-0.1, -0.05) is 18.2 Å². The molecular weight excluding hydrogens is 326 g/mol. The van der Waals surface area contributed by atoms with E-state index >= 15 is 0 Å². The number of benzene rings is 2. The van der Waals surface area contributed by atoms with Gasteiger partial charge in [-0.3, -0.25) is 5.43 Å². The highest BCUT2D eigenvalue weighted by Crippen LogP contribution is 2.23. The van der Waals surface area contributed by atoms with Gasteiger partial charge in [0.1, 0.15) is 11.5 Å². The van der Waals surface area contributed by atoms with Crippen LogP contribution in [0.1, 0.15) is 5.76 Å². The van der Waals surface area contributed by atoms with Gasteiger partial charge in [-0.15, -0.1) is 0 Å². The number of rotatable bonds is 5. The van der Waals surface area contributed by atoms with Crippen LogP contribution < -0.4 is 10.6 Å². The lowest BCUT2D eigenvalue weighted by Crippen LogP contribution is -2.11. The van der Waals surface area contributed by atoms with Crippen LogP contribution in [-0.2, 0) is 10.0 Å². The fraction of sp³-hybridized carbons (Fsp3) is 0. The first-order valence-electron chi connectivity index (χ1n) is 7.09. The highest BCUT2D eigenvalue weighted by Gasteiger charge is 2.09. The lowest BCUT2D eigenvalue weighted by atomic mass is 10.2. The topological polar surface area (TPSA) is 97.7 Å². The fourth-order valence-corrected chi connectivity index (χ4v) is 2.58. The zero-order valence-corrected chi connectivity index (χ0v) is 13.4. The number of anilines is 1. The van der Waals surface area contributed by atoms with Crippen LogP contribution in [0.15, 0.2) is 81.1 Å². The summed E-state index contributed by atoms with van der Waals surface area (Å²) in [6, 6.07) is 19.3. The number of para-hydroxylation sites is 1. The minimum absolute atomic E-state index is 0.0617. The van der Waals surface area contributed by atoms with Crippen molar-refractivity contribution < 1.29 is 12.8 Å². The van der Waals surface area contributed by atoms with Crippen LogP contribution in [0.4, 0.5) is 5.69 Å². The largest absolute Gasteiger partial charge is 0.455 e. The summed E-state index contributed by atoms with van der Waals surface area (Å²) in [5.41, 5.74) is 4.52. The Balaban J connectivity index is 1.71. The van der Waals surface area contributed by atoms with Crippen molar-refractivity contribution in [1.29, 1.82) is 0 Å². The monoisotopic (exact) mass is 341 g/mol. The SMILES string of the molecule is NS(=O)(=O)c1ccc(-c2ccc(/C=N/Nc3ccccc3)o2)cc1. The quantitative estimate of drug-likeness (QED) is 0.550. The Morgan fingerprint density at radius 2 is 1.67 bits per heavy atom. The number of hydrogen-bond donors (Lipinski definition) is 2. The van der Waals surface area contributed by atoms with E-state index in [2.05, 4.69) is 10.5 Å². The highest BCUT2D eigenvalue weighted by atomic mass is 32.2. The molecule has 0 fully saturated rings. The van der Waals surface area contributed by atoms with Crippen molar-refractivity contribution in [1.82, 2.24) is 0 Å². The highest BCUT2D eigenvalue weighted by molar-refractivity contribution is 7.89. The molecular formula is C17H15N3O3S. The van der Waals surface area contributed by atoms with Gasteiger partial charge in [0.2, 0.25) is 10.0 Å². The Labute approximate surface area is 139 Å². The van der Waals surface area contributed by atoms with Crippen LogP contribution in [0.2, 0.25) is 0 Å². The summed E-state index contributed by atoms with van der Waals surface area (Å²) in [7, 11) is -3.69. The summed E-state index contributed by atoms with van der Waals surface area (Å²) >= 11 is 0. The lowest BCUT2D eigenvalue weighted by molar-refractivity contribution is 0.575. The molecule has 0 spiro atoms. The van der Waals surface area contributed by atoms with Gasteiger partial charge in [-0.25, -0.2) is 13.6 Å². The van der Waals surface area contributed by atoms with Gasteiger partial charge >= 0.3 is 0 Å². The second-order valence-corrected chi connectivity index (χ2v) is 6.57. The smallest absolute Gasteiger partial charge is 0.238 e. The summed E-state index contributed by atoms with van der Waals surface area (Å²) in [5, 5.41) is 9.18. The van der Waals surface area contributed by atoms with Crippen molar-refractivity contribution in [2.45, 2.75) is 4.90 Å². The molecule has 0 saturated heterocycles. The first kappa shape index (κ1) is 16.0. The molecule has 24 heavy (non-hydrogen) atoms. The van der Waals surface area contributed by atoms with Crippen molar-refractivity contribution in [3.05, 3.63) is 72.5 Å². The van der Waals surface area contributed by atoms with E-state index in [0.717, 1.165) is 11.3 Å². The number of hydrogen-bond acceptors (Lipinski definition) is 5. The molecule has 122 valence electrons. The summed E-state index contributed by atoms with van der Waals surface area (Å²) in [6.45, 7) is 0. The second-order valence-electron chi connectivity index (χ2n) is 5.01. The van der Waals surface area contributed by atoms with Gasteiger partial charge in [0.05, 0.1) is 16.8 Å². The van der Waals surface area contributed by atoms with E-state index in [0.29, 0.717) is 11.5 Å². The first-order chi connectivity index (χ1) is 11.5. The molecule has 0 aliphatic heterocycles. The third-order valence-corrected chi connectivity index (χ3v) is 4.18. The van der Waals surface area contributed by atoms with E-state index in [1.54, 1.807) is 30.5 Å². The average Bonchev–Trinajstić information content (AvgIpc) is 3.04. The number of nitrogens with zero attached hydrogens (tertiary/aromatic N) is 1. The normalized spacial score (nSPS) is 11.7. The molecule has 3 N–H and O–H groups in total. The van der Waals surface area contributed by atoms with Gasteiger partial charge in [0.25, 0.3) is 0 Å². The van der Waals surface area contributed by atoms with Crippen LogP contribution in [0.5, 0.6) is 0 Å². The summed E-state index contributed by atoms with van der Waals surface area (Å²) < 4.78 is 28.2. The molecule has 0 saturated carbocycles. The maximum atomic E-state index is 11.2. The molecule has 1 aromatic heterocycles. The number of nitrogens with one attached hydrogen (secondary N) is 1. The molecule has 6 nitrogen and oxygen atoms in total. The van der Waals surface area contributed by atoms with E-state index < -0.39 is 10.0 Å². The number of nitrogens with two attached hydrogens (primary N) is 1. The maximum Gasteiger partial charge on any atom is 0.238 e. The molecule has 0 aliphatic carbocycles. The van der Waals surface area contributed by atoms with E-state index in [1.807, 2.05) is 30.3 Å². The Bertz CT molecular complexity index is 946. The van der Waals surface area contributed by atoms with E-state index in [-0.39, 0.29) is 4.90 Å². The lowest BCUT2D eigenvalue weighted by Gasteiger charge is -2.00. The molecule has 0 atom stereocenters. The minimum atomic E-state index is -3.69. The average molecular weight is 341 g/mol. The van der Waals surface area contributed by atoms with Gasteiger partial charge in [0.15, 0.2) is 0 Å².